The summed E-state index contributed by atoms with van der Waals surface area (Å²) >= 11 is 0. The van der Waals surface area contributed by atoms with Gasteiger partial charge in [-0.05, 0) is 37.8 Å². The van der Waals surface area contributed by atoms with Gasteiger partial charge in [-0.25, -0.2) is 0 Å². The predicted molar refractivity (Wildman–Crippen MR) is 72.9 cm³/mol. The van der Waals surface area contributed by atoms with Gasteiger partial charge in [-0.3, -0.25) is 0 Å². The fourth-order valence-corrected chi connectivity index (χ4v) is 2.57. The third-order valence-electron chi connectivity index (χ3n) is 3.72. The summed E-state index contributed by atoms with van der Waals surface area (Å²) in [5.41, 5.74) is 2.01. The van der Waals surface area contributed by atoms with E-state index in [0.717, 1.165) is 22.8 Å². The molecule has 1 aliphatic carbocycles. The molecule has 1 saturated carbocycles. The highest BCUT2D eigenvalue weighted by molar-refractivity contribution is 5.38. The lowest BCUT2D eigenvalue weighted by Gasteiger charge is -2.34. The van der Waals surface area contributed by atoms with Crippen molar-refractivity contribution in [3.8, 4) is 5.75 Å². The van der Waals surface area contributed by atoms with Crippen LogP contribution in [0.3, 0.4) is 0 Å². The zero-order valence-electron chi connectivity index (χ0n) is 11.4. The smallest absolute Gasteiger partial charge is 0.124 e. The van der Waals surface area contributed by atoms with Gasteiger partial charge in [-0.1, -0.05) is 18.6 Å². The van der Waals surface area contributed by atoms with Crippen LogP contribution >= 0.6 is 0 Å². The fourth-order valence-electron chi connectivity index (χ4n) is 2.57. The van der Waals surface area contributed by atoms with Gasteiger partial charge in [0.2, 0.25) is 0 Å². The lowest BCUT2D eigenvalue weighted by atomic mass is 9.82. The maximum Gasteiger partial charge on any atom is 0.124 e. The Labute approximate surface area is 109 Å². The molecule has 0 bridgehead atoms. The number of benzene rings is 1. The van der Waals surface area contributed by atoms with Gasteiger partial charge in [0, 0.05) is 18.2 Å². The van der Waals surface area contributed by atoms with Crippen molar-refractivity contribution in [1.29, 1.82) is 0 Å². The van der Waals surface area contributed by atoms with E-state index in [9.17, 15) is 5.11 Å². The van der Waals surface area contributed by atoms with Crippen LogP contribution < -0.4 is 10.1 Å². The molecule has 0 heterocycles. The molecule has 18 heavy (non-hydrogen) atoms. The maximum absolute atomic E-state index is 10.2. The van der Waals surface area contributed by atoms with E-state index in [2.05, 4.69) is 12.2 Å². The summed E-state index contributed by atoms with van der Waals surface area (Å²) in [5, 5.41) is 13.7. The number of hydrogen-bond acceptors (Lipinski definition) is 3. The number of hydrogen-bond donors (Lipinski definition) is 2. The first-order valence-corrected chi connectivity index (χ1v) is 6.66. The maximum atomic E-state index is 10.2. The molecule has 1 fully saturated rings. The Bertz CT molecular complexity index is 399. The first kappa shape index (κ1) is 13.4. The van der Waals surface area contributed by atoms with Crippen molar-refractivity contribution in [2.24, 2.45) is 5.92 Å². The molecular weight excluding hydrogens is 226 g/mol. The fraction of sp³-hybridized carbons (Fsp3) is 0.600. The number of aliphatic hydroxyl groups excluding tert-OH is 1. The van der Waals surface area contributed by atoms with Crippen molar-refractivity contribution in [2.75, 3.05) is 13.7 Å². The molecule has 0 aliphatic heterocycles. The zero-order valence-corrected chi connectivity index (χ0v) is 11.4. The van der Waals surface area contributed by atoms with E-state index in [4.69, 9.17) is 4.74 Å². The molecule has 1 unspecified atom stereocenters. The molecule has 0 saturated heterocycles. The Kier molecular flexibility index (Phi) is 4.25. The van der Waals surface area contributed by atoms with Crippen molar-refractivity contribution >= 4 is 0 Å². The molecule has 1 atom stereocenters. The summed E-state index contributed by atoms with van der Waals surface area (Å²) in [6, 6.07) is 6.48. The average Bonchev–Trinajstić information content (AvgIpc) is 2.32. The second-order valence-electron chi connectivity index (χ2n) is 5.44. The standard InChI is InChI=1S/C15H23NO2/c1-10-4-5-15(18-3)13(8-10)14(17)9-16-12-6-11(2)7-12/h4-5,8,11-12,14,16-17H,6-7,9H2,1-3H3. The summed E-state index contributed by atoms with van der Waals surface area (Å²) in [7, 11) is 1.64. The van der Waals surface area contributed by atoms with Crippen LogP contribution in [0, 0.1) is 12.8 Å². The van der Waals surface area contributed by atoms with Crippen molar-refractivity contribution in [3.63, 3.8) is 0 Å². The molecular formula is C15H23NO2. The number of aryl methyl sites for hydroxylation is 1. The predicted octanol–water partition coefficient (Wildman–Crippen LogP) is 2.43. The first-order valence-electron chi connectivity index (χ1n) is 6.66. The highest BCUT2D eigenvalue weighted by Crippen LogP contribution is 2.29. The quantitative estimate of drug-likeness (QED) is 0.842. The molecule has 2 rings (SSSR count). The number of methoxy groups -OCH3 is 1. The molecule has 0 aromatic heterocycles. The number of aliphatic hydroxyl groups is 1. The van der Waals surface area contributed by atoms with Crippen LogP contribution in [0.15, 0.2) is 18.2 Å². The summed E-state index contributed by atoms with van der Waals surface area (Å²) in [5.74, 6) is 1.59. The molecule has 3 nitrogen and oxygen atoms in total. The number of rotatable bonds is 5. The summed E-state index contributed by atoms with van der Waals surface area (Å²) in [6.07, 6.45) is 1.94. The third-order valence-corrected chi connectivity index (χ3v) is 3.72. The van der Waals surface area contributed by atoms with Gasteiger partial charge >= 0.3 is 0 Å². The van der Waals surface area contributed by atoms with Gasteiger partial charge in [-0.2, -0.15) is 0 Å². The van der Waals surface area contributed by atoms with Gasteiger partial charge in [0.15, 0.2) is 0 Å². The monoisotopic (exact) mass is 249 g/mol. The molecule has 1 aromatic carbocycles. The largest absolute Gasteiger partial charge is 0.496 e. The lowest BCUT2D eigenvalue weighted by molar-refractivity contribution is 0.147. The third kappa shape index (κ3) is 3.03. The van der Waals surface area contributed by atoms with Crippen LogP contribution in [0.4, 0.5) is 0 Å². The minimum atomic E-state index is -0.504. The Hall–Kier alpha value is -1.06. The second kappa shape index (κ2) is 5.72. The van der Waals surface area contributed by atoms with E-state index < -0.39 is 6.10 Å². The lowest BCUT2D eigenvalue weighted by Crippen LogP contribution is -2.41. The molecule has 3 heteroatoms. The molecule has 100 valence electrons. The van der Waals surface area contributed by atoms with Crippen molar-refractivity contribution in [2.45, 2.75) is 38.8 Å². The summed E-state index contributed by atoms with van der Waals surface area (Å²) < 4.78 is 5.30. The highest BCUT2D eigenvalue weighted by atomic mass is 16.5. The highest BCUT2D eigenvalue weighted by Gasteiger charge is 2.25. The first-order chi connectivity index (χ1) is 8.60. The van der Waals surface area contributed by atoms with Crippen LogP contribution in [0.5, 0.6) is 5.75 Å². The van der Waals surface area contributed by atoms with Gasteiger partial charge < -0.3 is 15.2 Å². The molecule has 1 aliphatic rings. The van der Waals surface area contributed by atoms with Gasteiger partial charge in [0.25, 0.3) is 0 Å². The van der Waals surface area contributed by atoms with Crippen molar-refractivity contribution in [3.05, 3.63) is 29.3 Å². The van der Waals surface area contributed by atoms with E-state index in [-0.39, 0.29) is 0 Å². The minimum absolute atomic E-state index is 0.504. The Morgan fingerprint density at radius 3 is 2.78 bits per heavy atom. The van der Waals surface area contributed by atoms with Crippen LogP contribution in [0.1, 0.15) is 37.0 Å². The van der Waals surface area contributed by atoms with Crippen LogP contribution in [-0.2, 0) is 0 Å². The van der Waals surface area contributed by atoms with Gasteiger partial charge in [-0.15, -0.1) is 0 Å². The van der Waals surface area contributed by atoms with E-state index >= 15 is 0 Å². The normalized spacial score (nSPS) is 24.4. The molecule has 0 spiro atoms. The van der Waals surface area contributed by atoms with Crippen molar-refractivity contribution in [1.82, 2.24) is 5.32 Å². The molecule has 1 aromatic rings. The topological polar surface area (TPSA) is 41.5 Å². The van der Waals surface area contributed by atoms with E-state index in [1.165, 1.54) is 12.8 Å². The Morgan fingerprint density at radius 2 is 2.17 bits per heavy atom. The average molecular weight is 249 g/mol. The van der Waals surface area contributed by atoms with Gasteiger partial charge in [0.05, 0.1) is 13.2 Å². The minimum Gasteiger partial charge on any atom is -0.496 e. The summed E-state index contributed by atoms with van der Waals surface area (Å²) in [4.78, 5) is 0. The van der Waals surface area contributed by atoms with E-state index in [1.807, 2.05) is 25.1 Å². The van der Waals surface area contributed by atoms with Crippen molar-refractivity contribution < 1.29 is 9.84 Å². The van der Waals surface area contributed by atoms with Gasteiger partial charge in [0.1, 0.15) is 5.75 Å². The number of ether oxygens (including phenoxy) is 1. The zero-order chi connectivity index (χ0) is 13.1. The van der Waals surface area contributed by atoms with E-state index in [1.54, 1.807) is 7.11 Å². The second-order valence-corrected chi connectivity index (χ2v) is 5.44. The summed E-state index contributed by atoms with van der Waals surface area (Å²) in [6.45, 7) is 4.88. The SMILES string of the molecule is COc1ccc(C)cc1C(O)CNC1CC(C)C1. The van der Waals surface area contributed by atoms with Crippen LogP contribution in [0.2, 0.25) is 0 Å². The van der Waals surface area contributed by atoms with Crippen LogP contribution in [-0.4, -0.2) is 24.8 Å². The van der Waals surface area contributed by atoms with E-state index in [0.29, 0.717) is 12.6 Å². The number of nitrogens with one attached hydrogen (secondary N) is 1. The Morgan fingerprint density at radius 1 is 1.44 bits per heavy atom. The van der Waals surface area contributed by atoms with Crippen LogP contribution in [0.25, 0.3) is 0 Å². The molecule has 2 N–H and O–H groups in total. The molecule has 0 radical (unpaired) electrons. The molecule has 0 amide bonds. The Balaban J connectivity index is 1.95.